The number of rotatable bonds is 7. The zero-order valence-electron chi connectivity index (χ0n) is 14.4. The summed E-state index contributed by atoms with van der Waals surface area (Å²) in [7, 11) is 0. The SMILES string of the molecule is CCCn1cc(CCCN2CCNCC2)c2ccc(C(=O)O)cc21. The molecule has 0 saturated carbocycles. The molecule has 0 aliphatic carbocycles. The van der Waals surface area contributed by atoms with Gasteiger partial charge in [0.15, 0.2) is 0 Å². The molecular weight excluding hydrogens is 302 g/mol. The lowest BCUT2D eigenvalue weighted by molar-refractivity contribution is 0.0697. The molecule has 2 N–H and O–H groups in total. The molecule has 2 aromatic rings. The summed E-state index contributed by atoms with van der Waals surface area (Å²) >= 11 is 0. The van der Waals surface area contributed by atoms with E-state index in [9.17, 15) is 9.90 Å². The van der Waals surface area contributed by atoms with Crippen molar-refractivity contribution in [2.45, 2.75) is 32.7 Å². The maximum atomic E-state index is 11.2. The Balaban J connectivity index is 1.75. The zero-order valence-corrected chi connectivity index (χ0v) is 14.4. The van der Waals surface area contributed by atoms with Gasteiger partial charge in [-0.15, -0.1) is 0 Å². The van der Waals surface area contributed by atoms with Gasteiger partial charge in [0.25, 0.3) is 0 Å². The minimum absolute atomic E-state index is 0.366. The van der Waals surface area contributed by atoms with Gasteiger partial charge in [-0.1, -0.05) is 13.0 Å². The molecule has 0 atom stereocenters. The Labute approximate surface area is 143 Å². The monoisotopic (exact) mass is 329 g/mol. The van der Waals surface area contributed by atoms with Crippen LogP contribution in [0.3, 0.4) is 0 Å². The van der Waals surface area contributed by atoms with E-state index in [1.807, 2.05) is 12.1 Å². The topological polar surface area (TPSA) is 57.5 Å². The van der Waals surface area contributed by atoms with Crippen molar-refractivity contribution < 1.29 is 9.90 Å². The maximum absolute atomic E-state index is 11.2. The first-order valence-electron chi connectivity index (χ1n) is 8.97. The van der Waals surface area contributed by atoms with E-state index in [2.05, 4.69) is 27.9 Å². The highest BCUT2D eigenvalue weighted by Gasteiger charge is 2.13. The average Bonchev–Trinajstić information content (AvgIpc) is 2.93. The van der Waals surface area contributed by atoms with E-state index in [0.717, 1.165) is 64.0 Å². The van der Waals surface area contributed by atoms with E-state index in [1.54, 1.807) is 6.07 Å². The molecule has 2 heterocycles. The number of hydrogen-bond acceptors (Lipinski definition) is 3. The van der Waals surface area contributed by atoms with Crippen LogP contribution in [0.15, 0.2) is 24.4 Å². The van der Waals surface area contributed by atoms with Crippen LogP contribution in [0.2, 0.25) is 0 Å². The Hall–Kier alpha value is -1.85. The van der Waals surface area contributed by atoms with E-state index < -0.39 is 5.97 Å². The van der Waals surface area contributed by atoms with Crippen LogP contribution in [0.1, 0.15) is 35.7 Å². The number of carboxylic acids is 1. The van der Waals surface area contributed by atoms with E-state index in [0.29, 0.717) is 5.56 Å². The molecule has 0 spiro atoms. The first-order valence-corrected chi connectivity index (χ1v) is 8.97. The number of nitrogens with zero attached hydrogens (tertiary/aromatic N) is 2. The first kappa shape index (κ1) is 17.0. The van der Waals surface area contributed by atoms with Gasteiger partial charge in [-0.3, -0.25) is 0 Å². The molecule has 3 rings (SSSR count). The number of aromatic carboxylic acids is 1. The molecule has 0 radical (unpaired) electrons. The van der Waals surface area contributed by atoms with Crippen molar-refractivity contribution in [2.75, 3.05) is 32.7 Å². The van der Waals surface area contributed by atoms with Gasteiger partial charge >= 0.3 is 5.97 Å². The molecule has 5 heteroatoms. The van der Waals surface area contributed by atoms with Crippen molar-refractivity contribution in [1.29, 1.82) is 0 Å². The van der Waals surface area contributed by atoms with Gasteiger partial charge in [-0.25, -0.2) is 4.79 Å². The number of hydrogen-bond donors (Lipinski definition) is 2. The average molecular weight is 329 g/mol. The third kappa shape index (κ3) is 3.79. The molecule has 1 aromatic carbocycles. The summed E-state index contributed by atoms with van der Waals surface area (Å²) in [5.41, 5.74) is 2.75. The van der Waals surface area contributed by atoms with Crippen molar-refractivity contribution in [3.8, 4) is 0 Å². The standard InChI is InChI=1S/C19H27N3O2/c1-2-9-22-14-16(4-3-10-21-11-7-20-8-12-21)17-6-5-15(19(23)24)13-18(17)22/h5-6,13-14,20H,2-4,7-12H2,1H3,(H,23,24). The number of fused-ring (bicyclic) bond motifs is 1. The zero-order chi connectivity index (χ0) is 16.9. The smallest absolute Gasteiger partial charge is 0.335 e. The summed E-state index contributed by atoms with van der Waals surface area (Å²) in [6, 6.07) is 5.51. The fourth-order valence-corrected chi connectivity index (χ4v) is 3.55. The summed E-state index contributed by atoms with van der Waals surface area (Å²) < 4.78 is 2.21. The second-order valence-corrected chi connectivity index (χ2v) is 6.58. The van der Waals surface area contributed by atoms with Crippen LogP contribution in [0.5, 0.6) is 0 Å². The van der Waals surface area contributed by atoms with Crippen LogP contribution in [-0.4, -0.2) is 53.3 Å². The van der Waals surface area contributed by atoms with Crippen molar-refractivity contribution in [3.05, 3.63) is 35.5 Å². The molecule has 1 aliphatic heterocycles. The minimum atomic E-state index is -0.860. The third-order valence-electron chi connectivity index (χ3n) is 4.81. The van der Waals surface area contributed by atoms with E-state index in [-0.39, 0.29) is 0 Å². The quantitative estimate of drug-likeness (QED) is 0.820. The summed E-state index contributed by atoms with van der Waals surface area (Å²) in [6.07, 6.45) is 5.45. The van der Waals surface area contributed by atoms with Gasteiger partial charge in [0.2, 0.25) is 0 Å². The number of benzene rings is 1. The van der Waals surface area contributed by atoms with Crippen LogP contribution in [-0.2, 0) is 13.0 Å². The van der Waals surface area contributed by atoms with E-state index in [1.165, 1.54) is 10.9 Å². The molecule has 1 aliphatic rings. The highest BCUT2D eigenvalue weighted by atomic mass is 16.4. The first-order chi connectivity index (χ1) is 11.7. The van der Waals surface area contributed by atoms with Gasteiger partial charge in [-0.05, 0) is 43.5 Å². The largest absolute Gasteiger partial charge is 0.478 e. The van der Waals surface area contributed by atoms with Gasteiger partial charge in [0, 0.05) is 49.8 Å². The van der Waals surface area contributed by atoms with E-state index in [4.69, 9.17) is 0 Å². The van der Waals surface area contributed by atoms with Crippen LogP contribution in [0.25, 0.3) is 10.9 Å². The van der Waals surface area contributed by atoms with Gasteiger partial charge < -0.3 is 19.9 Å². The maximum Gasteiger partial charge on any atom is 0.335 e. The number of piperazine rings is 1. The molecule has 24 heavy (non-hydrogen) atoms. The van der Waals surface area contributed by atoms with Crippen LogP contribution in [0.4, 0.5) is 0 Å². The Morgan fingerprint density at radius 1 is 1.25 bits per heavy atom. The summed E-state index contributed by atoms with van der Waals surface area (Å²) in [4.78, 5) is 13.8. The number of nitrogens with one attached hydrogen (secondary N) is 1. The Morgan fingerprint density at radius 3 is 2.75 bits per heavy atom. The summed E-state index contributed by atoms with van der Waals surface area (Å²) in [5, 5.41) is 13.8. The fourth-order valence-electron chi connectivity index (χ4n) is 3.55. The van der Waals surface area contributed by atoms with Crippen LogP contribution in [0, 0.1) is 0 Å². The van der Waals surface area contributed by atoms with Crippen molar-refractivity contribution in [2.24, 2.45) is 0 Å². The Kier molecular flexibility index (Phi) is 5.53. The van der Waals surface area contributed by atoms with Crippen molar-refractivity contribution >= 4 is 16.9 Å². The third-order valence-corrected chi connectivity index (χ3v) is 4.81. The number of carboxylic acid groups (broad SMARTS) is 1. The number of aromatic nitrogens is 1. The predicted molar refractivity (Wildman–Crippen MR) is 96.8 cm³/mol. The van der Waals surface area contributed by atoms with Gasteiger partial charge in [0.1, 0.15) is 0 Å². The summed E-state index contributed by atoms with van der Waals surface area (Å²) in [6.45, 7) is 8.67. The Morgan fingerprint density at radius 2 is 2.04 bits per heavy atom. The molecule has 130 valence electrons. The van der Waals surface area contributed by atoms with Gasteiger partial charge in [-0.2, -0.15) is 0 Å². The molecular formula is C19H27N3O2. The highest BCUT2D eigenvalue weighted by molar-refractivity contribution is 5.94. The summed E-state index contributed by atoms with van der Waals surface area (Å²) in [5.74, 6) is -0.860. The molecule has 1 saturated heterocycles. The second kappa shape index (κ2) is 7.81. The molecule has 0 amide bonds. The molecule has 0 bridgehead atoms. The lowest BCUT2D eigenvalue weighted by Crippen LogP contribution is -2.43. The molecule has 1 aromatic heterocycles. The predicted octanol–water partition coefficient (Wildman–Crippen LogP) is 2.59. The fraction of sp³-hybridized carbons (Fsp3) is 0.526. The van der Waals surface area contributed by atoms with Crippen molar-refractivity contribution in [3.63, 3.8) is 0 Å². The van der Waals surface area contributed by atoms with Crippen LogP contribution >= 0.6 is 0 Å². The lowest BCUT2D eigenvalue weighted by Gasteiger charge is -2.26. The second-order valence-electron chi connectivity index (χ2n) is 6.58. The van der Waals surface area contributed by atoms with Gasteiger partial charge in [0.05, 0.1) is 5.56 Å². The normalized spacial score (nSPS) is 15.9. The number of carbonyl (C=O) groups is 1. The molecule has 5 nitrogen and oxygen atoms in total. The highest BCUT2D eigenvalue weighted by Crippen LogP contribution is 2.24. The molecule has 1 fully saturated rings. The van der Waals surface area contributed by atoms with Crippen LogP contribution < -0.4 is 5.32 Å². The minimum Gasteiger partial charge on any atom is -0.478 e. The Bertz CT molecular complexity index is 702. The lowest BCUT2D eigenvalue weighted by atomic mass is 10.1. The molecule has 0 unspecified atom stereocenters. The van der Waals surface area contributed by atoms with E-state index >= 15 is 0 Å². The number of aryl methyl sites for hydroxylation is 2. The van der Waals surface area contributed by atoms with Crippen molar-refractivity contribution in [1.82, 2.24) is 14.8 Å².